The number of carbonyl (C=O) groups excluding carboxylic acids is 1. The van der Waals surface area contributed by atoms with Gasteiger partial charge in [-0.25, -0.2) is 4.98 Å². The number of benzene rings is 1. The average molecular weight is 314 g/mol. The molecule has 2 N–H and O–H groups in total. The number of Topliss-reactive ketones (excluding diaryl/α,β-unsaturated/α-hetero) is 1. The minimum atomic E-state index is 0.0528. The van der Waals surface area contributed by atoms with Gasteiger partial charge in [-0.1, -0.05) is 0 Å². The summed E-state index contributed by atoms with van der Waals surface area (Å²) in [4.78, 5) is 20.1. The molecule has 0 saturated carbocycles. The van der Waals surface area contributed by atoms with Crippen LogP contribution in [0.4, 0.5) is 17.5 Å². The molecule has 0 radical (unpaired) electrons. The number of ketones is 1. The molecular weight excluding hydrogens is 292 g/mol. The van der Waals surface area contributed by atoms with Gasteiger partial charge in [0, 0.05) is 43.3 Å². The van der Waals surface area contributed by atoms with Gasteiger partial charge in [-0.05, 0) is 44.5 Å². The summed E-state index contributed by atoms with van der Waals surface area (Å²) in [6.07, 6.45) is 0.892. The highest BCUT2D eigenvalue weighted by Crippen LogP contribution is 2.17. The number of hydrogen-bond donors (Lipinski definition) is 2. The SMILES string of the molecule is COCCCNc1nc(C)cc(Nc2ccc(C(C)=O)cc2)n1. The summed E-state index contributed by atoms with van der Waals surface area (Å²) in [5.74, 6) is 1.35. The predicted molar refractivity (Wildman–Crippen MR) is 91.5 cm³/mol. The second-order valence-electron chi connectivity index (χ2n) is 5.25. The number of hydrogen-bond acceptors (Lipinski definition) is 6. The van der Waals surface area contributed by atoms with Crippen molar-refractivity contribution in [2.75, 3.05) is 30.9 Å². The van der Waals surface area contributed by atoms with Gasteiger partial charge in [-0.2, -0.15) is 4.98 Å². The molecule has 0 aliphatic carbocycles. The van der Waals surface area contributed by atoms with Crippen LogP contribution in [0.2, 0.25) is 0 Å². The number of carbonyl (C=O) groups is 1. The highest BCUT2D eigenvalue weighted by molar-refractivity contribution is 5.94. The van der Waals surface area contributed by atoms with Crippen molar-refractivity contribution in [2.24, 2.45) is 0 Å². The van der Waals surface area contributed by atoms with Crippen LogP contribution in [0, 0.1) is 6.92 Å². The number of methoxy groups -OCH3 is 1. The van der Waals surface area contributed by atoms with E-state index < -0.39 is 0 Å². The molecule has 23 heavy (non-hydrogen) atoms. The molecule has 0 amide bonds. The molecule has 6 heteroatoms. The molecule has 2 rings (SSSR count). The highest BCUT2D eigenvalue weighted by Gasteiger charge is 2.04. The summed E-state index contributed by atoms with van der Waals surface area (Å²) in [7, 11) is 1.68. The summed E-state index contributed by atoms with van der Waals surface area (Å²) in [6, 6.07) is 9.18. The number of aromatic nitrogens is 2. The number of nitrogens with one attached hydrogen (secondary N) is 2. The van der Waals surface area contributed by atoms with Crippen LogP contribution in [0.5, 0.6) is 0 Å². The molecule has 6 nitrogen and oxygen atoms in total. The number of rotatable bonds is 8. The maximum absolute atomic E-state index is 11.3. The van der Waals surface area contributed by atoms with E-state index in [4.69, 9.17) is 4.74 Å². The first-order valence-corrected chi connectivity index (χ1v) is 7.55. The van der Waals surface area contributed by atoms with Crippen molar-refractivity contribution >= 4 is 23.2 Å². The van der Waals surface area contributed by atoms with Crippen LogP contribution in [0.1, 0.15) is 29.4 Å². The minimum absolute atomic E-state index is 0.0528. The largest absolute Gasteiger partial charge is 0.385 e. The van der Waals surface area contributed by atoms with Crippen LogP contribution in [-0.4, -0.2) is 36.0 Å². The van der Waals surface area contributed by atoms with Crippen molar-refractivity contribution in [2.45, 2.75) is 20.3 Å². The van der Waals surface area contributed by atoms with Crippen LogP contribution < -0.4 is 10.6 Å². The van der Waals surface area contributed by atoms with Crippen molar-refractivity contribution in [3.63, 3.8) is 0 Å². The summed E-state index contributed by atoms with van der Waals surface area (Å²) >= 11 is 0. The van der Waals surface area contributed by atoms with Gasteiger partial charge >= 0.3 is 0 Å². The lowest BCUT2D eigenvalue weighted by atomic mass is 10.1. The summed E-state index contributed by atoms with van der Waals surface area (Å²) in [6.45, 7) is 4.93. The maximum Gasteiger partial charge on any atom is 0.224 e. The quantitative estimate of drug-likeness (QED) is 0.576. The Morgan fingerprint density at radius 1 is 1.22 bits per heavy atom. The lowest BCUT2D eigenvalue weighted by Crippen LogP contribution is -2.09. The van der Waals surface area contributed by atoms with Crippen molar-refractivity contribution in [1.82, 2.24) is 9.97 Å². The summed E-state index contributed by atoms with van der Waals surface area (Å²) in [5, 5.41) is 6.41. The van der Waals surface area contributed by atoms with Crippen LogP contribution in [0.15, 0.2) is 30.3 Å². The molecule has 122 valence electrons. The molecule has 0 bridgehead atoms. The van der Waals surface area contributed by atoms with Crippen molar-refractivity contribution in [1.29, 1.82) is 0 Å². The van der Waals surface area contributed by atoms with Gasteiger partial charge < -0.3 is 15.4 Å². The Kier molecular flexibility index (Phi) is 6.05. The first kappa shape index (κ1) is 16.9. The Balaban J connectivity index is 2.04. The molecular formula is C17H22N4O2. The van der Waals surface area contributed by atoms with E-state index in [9.17, 15) is 4.79 Å². The molecule has 1 aromatic carbocycles. The van der Waals surface area contributed by atoms with Crippen LogP contribution in [0.25, 0.3) is 0 Å². The van der Waals surface area contributed by atoms with E-state index in [0.717, 1.165) is 24.3 Å². The fourth-order valence-corrected chi connectivity index (χ4v) is 2.06. The number of ether oxygens (including phenoxy) is 1. The van der Waals surface area contributed by atoms with Gasteiger partial charge in [-0.3, -0.25) is 4.79 Å². The van der Waals surface area contributed by atoms with Gasteiger partial charge in [0.25, 0.3) is 0 Å². The normalized spacial score (nSPS) is 10.4. The van der Waals surface area contributed by atoms with E-state index in [-0.39, 0.29) is 5.78 Å². The molecule has 0 spiro atoms. The minimum Gasteiger partial charge on any atom is -0.385 e. The lowest BCUT2D eigenvalue weighted by Gasteiger charge is -2.10. The number of anilines is 3. The molecule has 0 atom stereocenters. The lowest BCUT2D eigenvalue weighted by molar-refractivity contribution is 0.101. The third-order valence-corrected chi connectivity index (χ3v) is 3.23. The second kappa shape index (κ2) is 8.24. The Hall–Kier alpha value is -2.47. The summed E-state index contributed by atoms with van der Waals surface area (Å²) < 4.78 is 5.02. The van der Waals surface area contributed by atoms with E-state index in [2.05, 4.69) is 20.6 Å². The molecule has 0 saturated heterocycles. The van der Waals surface area contributed by atoms with E-state index in [1.807, 2.05) is 25.1 Å². The van der Waals surface area contributed by atoms with Crippen LogP contribution >= 0.6 is 0 Å². The number of aryl methyl sites for hydroxylation is 1. The number of nitrogens with zero attached hydrogens (tertiary/aromatic N) is 2. The molecule has 0 unspecified atom stereocenters. The molecule has 1 heterocycles. The molecule has 0 fully saturated rings. The smallest absolute Gasteiger partial charge is 0.224 e. The molecule has 1 aromatic heterocycles. The Labute approximate surface area is 136 Å². The predicted octanol–water partition coefficient (Wildman–Crippen LogP) is 3.18. The monoisotopic (exact) mass is 314 g/mol. The first-order valence-electron chi connectivity index (χ1n) is 7.55. The standard InChI is InChI=1S/C17H22N4O2/c1-12-11-16(21-17(19-12)18-9-4-10-23-3)20-15-7-5-14(6-8-15)13(2)22/h5-8,11H,4,9-10H2,1-3H3,(H2,18,19,20,21). The van der Waals surface area contributed by atoms with Crippen molar-refractivity contribution in [3.05, 3.63) is 41.6 Å². The van der Waals surface area contributed by atoms with E-state index in [1.54, 1.807) is 26.2 Å². The third kappa shape index (κ3) is 5.34. The average Bonchev–Trinajstić information content (AvgIpc) is 2.51. The second-order valence-corrected chi connectivity index (χ2v) is 5.25. The fraction of sp³-hybridized carbons (Fsp3) is 0.353. The molecule has 0 aliphatic rings. The van der Waals surface area contributed by atoms with Gasteiger partial charge in [0.2, 0.25) is 5.95 Å². The van der Waals surface area contributed by atoms with Crippen molar-refractivity contribution < 1.29 is 9.53 Å². The van der Waals surface area contributed by atoms with E-state index in [1.165, 1.54) is 0 Å². The van der Waals surface area contributed by atoms with E-state index >= 15 is 0 Å². The van der Waals surface area contributed by atoms with E-state index in [0.29, 0.717) is 23.9 Å². The fourth-order valence-electron chi connectivity index (χ4n) is 2.06. The zero-order valence-corrected chi connectivity index (χ0v) is 13.7. The Morgan fingerprint density at radius 2 is 1.96 bits per heavy atom. The molecule has 2 aromatic rings. The summed E-state index contributed by atoms with van der Waals surface area (Å²) in [5.41, 5.74) is 2.44. The van der Waals surface area contributed by atoms with Gasteiger partial charge in [0.1, 0.15) is 5.82 Å². The zero-order chi connectivity index (χ0) is 16.7. The Bertz CT molecular complexity index is 656. The van der Waals surface area contributed by atoms with Gasteiger partial charge in [0.15, 0.2) is 5.78 Å². The molecule has 0 aliphatic heterocycles. The van der Waals surface area contributed by atoms with Crippen LogP contribution in [-0.2, 0) is 4.74 Å². The first-order chi connectivity index (χ1) is 11.1. The topological polar surface area (TPSA) is 76.1 Å². The van der Waals surface area contributed by atoms with Gasteiger partial charge in [0.05, 0.1) is 0 Å². The zero-order valence-electron chi connectivity index (χ0n) is 13.7. The third-order valence-electron chi connectivity index (χ3n) is 3.23. The van der Waals surface area contributed by atoms with Gasteiger partial charge in [-0.15, -0.1) is 0 Å². The van der Waals surface area contributed by atoms with Crippen LogP contribution in [0.3, 0.4) is 0 Å². The maximum atomic E-state index is 11.3. The Morgan fingerprint density at radius 3 is 2.61 bits per heavy atom. The van der Waals surface area contributed by atoms with Crippen molar-refractivity contribution in [3.8, 4) is 0 Å². The highest BCUT2D eigenvalue weighted by atomic mass is 16.5.